The minimum atomic E-state index is -0.328. The normalized spacial score (nSPS) is 10.6. The van der Waals surface area contributed by atoms with Gasteiger partial charge in [-0.1, -0.05) is 0 Å². The second kappa shape index (κ2) is 6.41. The van der Waals surface area contributed by atoms with E-state index in [1.165, 1.54) is 6.08 Å². The number of hydrogen-bond donors (Lipinski definition) is 0. The van der Waals surface area contributed by atoms with Crippen LogP contribution in [0.3, 0.4) is 0 Å². The largest absolute Gasteiger partial charge is 0.463 e. The molecule has 5 heteroatoms. The average Bonchev–Trinajstić information content (AvgIpc) is 2.20. The zero-order valence-corrected chi connectivity index (χ0v) is 12.4. The summed E-state index contributed by atoms with van der Waals surface area (Å²) >= 11 is 4.37. The first-order valence-electron chi connectivity index (χ1n) is 4.29. The van der Waals surface area contributed by atoms with Crippen LogP contribution in [0.25, 0.3) is 6.08 Å². The highest BCUT2D eigenvalue weighted by atomic mass is 127. The van der Waals surface area contributed by atoms with Crippen LogP contribution in [0, 0.1) is 7.27 Å². The molecular weight excluding hydrogens is 420 g/mol. The minimum absolute atomic E-state index is 0.328. The van der Waals surface area contributed by atoms with Gasteiger partial charge in [-0.2, -0.15) is 0 Å². The SMILES string of the molecule is CCOC(=O)/C=C/c1cnc(I)c(I)c1. The second-order valence-electron chi connectivity index (χ2n) is 2.63. The van der Waals surface area contributed by atoms with Crippen molar-refractivity contribution in [3.05, 3.63) is 31.2 Å². The van der Waals surface area contributed by atoms with E-state index >= 15 is 0 Å². The number of hydrogen-bond acceptors (Lipinski definition) is 3. The van der Waals surface area contributed by atoms with Crippen LogP contribution in [0.2, 0.25) is 0 Å². The molecule has 80 valence electrons. The number of pyridine rings is 1. The highest BCUT2D eigenvalue weighted by Gasteiger charge is 1.98. The zero-order valence-electron chi connectivity index (χ0n) is 8.04. The van der Waals surface area contributed by atoms with Gasteiger partial charge in [-0.05, 0) is 69.8 Å². The summed E-state index contributed by atoms with van der Waals surface area (Å²) in [5.74, 6) is -0.328. The van der Waals surface area contributed by atoms with E-state index in [1.54, 1.807) is 19.2 Å². The highest BCUT2D eigenvalue weighted by molar-refractivity contribution is 14.1. The van der Waals surface area contributed by atoms with Crippen molar-refractivity contribution in [1.29, 1.82) is 0 Å². The lowest BCUT2D eigenvalue weighted by molar-refractivity contribution is -0.137. The van der Waals surface area contributed by atoms with Crippen LogP contribution in [0.15, 0.2) is 18.3 Å². The fraction of sp³-hybridized carbons (Fsp3) is 0.200. The highest BCUT2D eigenvalue weighted by Crippen LogP contribution is 2.14. The topological polar surface area (TPSA) is 39.2 Å². The van der Waals surface area contributed by atoms with Gasteiger partial charge in [0.2, 0.25) is 0 Å². The number of ether oxygens (including phenoxy) is 1. The van der Waals surface area contributed by atoms with Crippen LogP contribution >= 0.6 is 45.2 Å². The summed E-state index contributed by atoms with van der Waals surface area (Å²) in [5.41, 5.74) is 0.896. The third kappa shape index (κ3) is 4.45. The van der Waals surface area contributed by atoms with Crippen molar-refractivity contribution in [2.45, 2.75) is 6.92 Å². The molecule has 0 N–H and O–H groups in total. The van der Waals surface area contributed by atoms with Gasteiger partial charge in [0, 0.05) is 15.8 Å². The number of rotatable bonds is 3. The number of carbonyl (C=O) groups excluding carboxylic acids is 1. The Balaban J connectivity index is 2.72. The van der Waals surface area contributed by atoms with E-state index in [0.29, 0.717) is 6.61 Å². The Kier molecular flexibility index (Phi) is 5.51. The van der Waals surface area contributed by atoms with Crippen LogP contribution < -0.4 is 0 Å². The minimum Gasteiger partial charge on any atom is -0.463 e. The molecule has 0 aliphatic rings. The molecule has 0 radical (unpaired) electrons. The van der Waals surface area contributed by atoms with Crippen molar-refractivity contribution < 1.29 is 9.53 Å². The predicted octanol–water partition coefficient (Wildman–Crippen LogP) is 2.87. The van der Waals surface area contributed by atoms with Crippen LogP contribution in [0.1, 0.15) is 12.5 Å². The molecule has 15 heavy (non-hydrogen) atoms. The second-order valence-corrected chi connectivity index (χ2v) is 4.81. The van der Waals surface area contributed by atoms with Crippen molar-refractivity contribution in [2.75, 3.05) is 6.61 Å². The summed E-state index contributed by atoms with van der Waals surface area (Å²) in [6.45, 7) is 2.17. The molecule has 1 aromatic heterocycles. The molecule has 0 fully saturated rings. The summed E-state index contributed by atoms with van der Waals surface area (Å²) < 4.78 is 6.80. The Hall–Kier alpha value is -0.180. The number of halogens is 2. The molecule has 0 atom stereocenters. The van der Waals surface area contributed by atoms with Crippen molar-refractivity contribution in [3.63, 3.8) is 0 Å². The maximum absolute atomic E-state index is 11.0. The first-order chi connectivity index (χ1) is 7.13. The molecule has 0 spiro atoms. The molecule has 0 saturated carbocycles. The van der Waals surface area contributed by atoms with Gasteiger partial charge in [0.1, 0.15) is 3.70 Å². The Bertz CT molecular complexity index is 391. The monoisotopic (exact) mass is 429 g/mol. The quantitative estimate of drug-likeness (QED) is 0.321. The van der Waals surface area contributed by atoms with Crippen molar-refractivity contribution in [1.82, 2.24) is 4.98 Å². The Morgan fingerprint density at radius 3 is 2.93 bits per heavy atom. The van der Waals surface area contributed by atoms with Crippen LogP contribution in [-0.4, -0.2) is 17.6 Å². The van der Waals surface area contributed by atoms with E-state index in [-0.39, 0.29) is 5.97 Å². The van der Waals surface area contributed by atoms with E-state index < -0.39 is 0 Å². The molecule has 1 rings (SSSR count). The molecule has 1 aromatic rings. The molecule has 0 aromatic carbocycles. The molecular formula is C10H9I2NO2. The van der Waals surface area contributed by atoms with Gasteiger partial charge in [-0.25, -0.2) is 9.78 Å². The zero-order chi connectivity index (χ0) is 11.3. The molecule has 1 heterocycles. The van der Waals surface area contributed by atoms with E-state index in [0.717, 1.165) is 12.8 Å². The Labute approximate surface area is 116 Å². The van der Waals surface area contributed by atoms with E-state index in [9.17, 15) is 4.79 Å². The van der Waals surface area contributed by atoms with Gasteiger partial charge in [0.05, 0.1) is 6.61 Å². The Morgan fingerprint density at radius 2 is 2.33 bits per heavy atom. The lowest BCUT2D eigenvalue weighted by Crippen LogP contribution is -1.98. The molecule has 3 nitrogen and oxygen atoms in total. The molecule has 0 amide bonds. The first-order valence-corrected chi connectivity index (χ1v) is 6.45. The van der Waals surface area contributed by atoms with Gasteiger partial charge in [-0.3, -0.25) is 0 Å². The van der Waals surface area contributed by atoms with Gasteiger partial charge in [-0.15, -0.1) is 0 Å². The maximum atomic E-state index is 11.0. The van der Waals surface area contributed by atoms with Crippen molar-refractivity contribution in [3.8, 4) is 0 Å². The summed E-state index contributed by atoms with van der Waals surface area (Å²) in [4.78, 5) is 15.2. The van der Waals surface area contributed by atoms with Gasteiger partial charge < -0.3 is 4.74 Å². The fourth-order valence-electron chi connectivity index (χ4n) is 0.882. The third-order valence-electron chi connectivity index (χ3n) is 1.52. The molecule has 0 bridgehead atoms. The maximum Gasteiger partial charge on any atom is 0.330 e. The van der Waals surface area contributed by atoms with Crippen LogP contribution in [0.5, 0.6) is 0 Å². The van der Waals surface area contributed by atoms with E-state index in [2.05, 4.69) is 50.2 Å². The lowest BCUT2D eigenvalue weighted by Gasteiger charge is -1.97. The number of nitrogens with zero attached hydrogens (tertiary/aromatic N) is 1. The molecule has 0 aliphatic carbocycles. The van der Waals surface area contributed by atoms with Gasteiger partial charge in [0.15, 0.2) is 0 Å². The third-order valence-corrected chi connectivity index (χ3v) is 4.23. The van der Waals surface area contributed by atoms with Crippen LogP contribution in [0.4, 0.5) is 0 Å². The van der Waals surface area contributed by atoms with E-state index in [1.807, 2.05) is 6.07 Å². The standard InChI is InChI=1S/C10H9I2NO2/c1-2-15-9(14)4-3-7-5-8(11)10(12)13-6-7/h3-6H,2H2,1H3/b4-3+. The molecule has 0 aliphatic heterocycles. The van der Waals surface area contributed by atoms with Crippen LogP contribution in [-0.2, 0) is 9.53 Å². The summed E-state index contributed by atoms with van der Waals surface area (Å²) in [6.07, 6.45) is 4.83. The Morgan fingerprint density at radius 1 is 1.60 bits per heavy atom. The molecule has 0 saturated heterocycles. The summed E-state index contributed by atoms with van der Waals surface area (Å²) in [6, 6.07) is 1.96. The first kappa shape index (κ1) is 12.9. The number of aromatic nitrogens is 1. The van der Waals surface area contributed by atoms with Gasteiger partial charge in [0.25, 0.3) is 0 Å². The number of esters is 1. The number of carbonyl (C=O) groups is 1. The lowest BCUT2D eigenvalue weighted by atomic mass is 10.2. The summed E-state index contributed by atoms with van der Waals surface area (Å²) in [7, 11) is 0. The van der Waals surface area contributed by atoms with Crippen molar-refractivity contribution in [2.24, 2.45) is 0 Å². The molecule has 0 unspecified atom stereocenters. The van der Waals surface area contributed by atoms with E-state index in [4.69, 9.17) is 4.74 Å². The fourth-order valence-corrected chi connectivity index (χ4v) is 1.68. The predicted molar refractivity (Wildman–Crippen MR) is 75.3 cm³/mol. The summed E-state index contributed by atoms with van der Waals surface area (Å²) in [5, 5.41) is 0. The van der Waals surface area contributed by atoms with Crippen molar-refractivity contribution >= 4 is 57.2 Å². The average molecular weight is 429 g/mol. The van der Waals surface area contributed by atoms with Gasteiger partial charge >= 0.3 is 5.97 Å². The smallest absolute Gasteiger partial charge is 0.330 e.